The highest BCUT2D eigenvalue weighted by molar-refractivity contribution is 5.76. The summed E-state index contributed by atoms with van der Waals surface area (Å²) in [5, 5.41) is 54.8. The monoisotopic (exact) mass is 1210 g/mol. The van der Waals surface area contributed by atoms with Crippen molar-refractivity contribution in [2.24, 2.45) is 0 Å². The number of rotatable bonds is 67. The summed E-state index contributed by atoms with van der Waals surface area (Å²) in [5.41, 5.74) is 0. The second kappa shape index (κ2) is 66.1. The van der Waals surface area contributed by atoms with E-state index in [0.717, 1.165) is 44.9 Å². The number of aliphatic hydroxyl groups excluding tert-OH is 5. The Bertz CT molecular complexity index is 1500. The van der Waals surface area contributed by atoms with Crippen molar-refractivity contribution in [1.29, 1.82) is 0 Å². The van der Waals surface area contributed by atoms with Crippen LogP contribution in [-0.2, 0) is 14.3 Å². The molecule has 1 fully saturated rings. The molecule has 9 nitrogen and oxygen atoms in total. The van der Waals surface area contributed by atoms with Crippen molar-refractivity contribution in [3.05, 3.63) is 48.6 Å². The fourth-order valence-corrected chi connectivity index (χ4v) is 12.2. The van der Waals surface area contributed by atoms with Crippen molar-refractivity contribution in [2.45, 2.75) is 423 Å². The number of amides is 1. The van der Waals surface area contributed by atoms with Crippen LogP contribution < -0.4 is 5.32 Å². The third kappa shape index (κ3) is 53.9. The van der Waals surface area contributed by atoms with Gasteiger partial charge in [0.2, 0.25) is 5.91 Å². The van der Waals surface area contributed by atoms with Gasteiger partial charge in [-0.3, -0.25) is 4.79 Å². The second-order valence-electron chi connectivity index (χ2n) is 26.4. The number of allylic oxidation sites excluding steroid dienone is 7. The number of hydrogen-bond acceptors (Lipinski definition) is 8. The quantitative estimate of drug-likeness (QED) is 0.0261. The van der Waals surface area contributed by atoms with Gasteiger partial charge < -0.3 is 40.3 Å². The summed E-state index contributed by atoms with van der Waals surface area (Å²) in [5.74, 6) is -0.185. The molecule has 7 unspecified atom stereocenters. The number of nitrogens with one attached hydrogen (secondary N) is 1. The van der Waals surface area contributed by atoms with E-state index in [1.165, 1.54) is 315 Å². The molecule has 9 heteroatoms. The van der Waals surface area contributed by atoms with Crippen molar-refractivity contribution < 1.29 is 39.8 Å². The molecule has 0 aliphatic carbocycles. The fraction of sp³-hybridized carbons (Fsp3) is 0.883. The van der Waals surface area contributed by atoms with E-state index < -0.39 is 49.5 Å². The first-order chi connectivity index (χ1) is 42.3. The highest BCUT2D eigenvalue weighted by Gasteiger charge is 2.44. The summed E-state index contributed by atoms with van der Waals surface area (Å²) < 4.78 is 11.3. The van der Waals surface area contributed by atoms with Crippen LogP contribution in [0.25, 0.3) is 0 Å². The molecule has 86 heavy (non-hydrogen) atoms. The number of aliphatic hydroxyl groups is 5. The van der Waals surface area contributed by atoms with Gasteiger partial charge in [-0.05, 0) is 70.6 Å². The molecular weight excluding hydrogens is 1070 g/mol. The first-order valence-electron chi connectivity index (χ1n) is 37.9. The van der Waals surface area contributed by atoms with E-state index in [4.69, 9.17) is 9.47 Å². The number of carbonyl (C=O) groups is 1. The molecule has 0 aromatic heterocycles. The molecule has 0 aromatic carbocycles. The maximum atomic E-state index is 13.1. The Kier molecular flexibility index (Phi) is 63.1. The predicted octanol–water partition coefficient (Wildman–Crippen LogP) is 21.1. The van der Waals surface area contributed by atoms with Crippen LogP contribution in [-0.4, -0.2) is 87.5 Å². The maximum Gasteiger partial charge on any atom is 0.220 e. The Hall–Kier alpha value is -1.85. The molecule has 7 atom stereocenters. The van der Waals surface area contributed by atoms with Crippen molar-refractivity contribution in [3.63, 3.8) is 0 Å². The number of unbranched alkanes of at least 4 members (excludes halogenated alkanes) is 51. The summed E-state index contributed by atoms with van der Waals surface area (Å²) in [6.45, 7) is 3.81. The van der Waals surface area contributed by atoms with E-state index in [1.54, 1.807) is 6.08 Å². The molecule has 1 aliphatic heterocycles. The highest BCUT2D eigenvalue weighted by Crippen LogP contribution is 2.24. The predicted molar refractivity (Wildman–Crippen MR) is 369 cm³/mol. The lowest BCUT2D eigenvalue weighted by molar-refractivity contribution is -0.302. The minimum Gasteiger partial charge on any atom is -0.394 e. The van der Waals surface area contributed by atoms with Crippen LogP contribution in [0.1, 0.15) is 380 Å². The van der Waals surface area contributed by atoms with Crippen LogP contribution in [0.3, 0.4) is 0 Å². The first kappa shape index (κ1) is 82.2. The second-order valence-corrected chi connectivity index (χ2v) is 26.4. The normalized spacial score (nSPS) is 18.2. The minimum atomic E-state index is -1.58. The van der Waals surface area contributed by atoms with E-state index in [9.17, 15) is 30.3 Å². The SMILES string of the molecule is CCCCCCCCCCCCCCCC/C=C/CC/C=C/CC/C=C/C(O)C(COC1OC(CO)C(O)C(O)C1O)NC(=O)CCCCCCCCCCCCCCCCCCC/C=C\CCCCCCCCCCCCCCCCCCCC. The molecule has 0 spiro atoms. The van der Waals surface area contributed by atoms with Crippen molar-refractivity contribution in [3.8, 4) is 0 Å². The molecule has 1 heterocycles. The largest absolute Gasteiger partial charge is 0.394 e. The minimum absolute atomic E-state index is 0.185. The molecule has 1 rings (SSSR count). The van der Waals surface area contributed by atoms with E-state index in [-0.39, 0.29) is 12.5 Å². The Morgan fingerprint density at radius 3 is 0.977 bits per heavy atom. The zero-order chi connectivity index (χ0) is 62.1. The average Bonchev–Trinajstić information content (AvgIpc) is 2.37. The van der Waals surface area contributed by atoms with Gasteiger partial charge in [-0.1, -0.05) is 351 Å². The molecule has 6 N–H and O–H groups in total. The van der Waals surface area contributed by atoms with Gasteiger partial charge in [0.25, 0.3) is 0 Å². The number of carbonyl (C=O) groups excluding carboxylic acids is 1. The highest BCUT2D eigenvalue weighted by atomic mass is 16.7. The van der Waals surface area contributed by atoms with E-state index >= 15 is 0 Å². The summed E-state index contributed by atoms with van der Waals surface area (Å²) >= 11 is 0. The van der Waals surface area contributed by atoms with Crippen LogP contribution >= 0.6 is 0 Å². The Morgan fingerprint density at radius 2 is 0.663 bits per heavy atom. The fourth-order valence-electron chi connectivity index (χ4n) is 12.2. The molecule has 1 amide bonds. The van der Waals surface area contributed by atoms with Gasteiger partial charge in [0.1, 0.15) is 24.4 Å². The lowest BCUT2D eigenvalue weighted by atomic mass is 9.99. The Balaban J connectivity index is 2.08. The van der Waals surface area contributed by atoms with Crippen molar-refractivity contribution >= 4 is 5.91 Å². The first-order valence-corrected chi connectivity index (χ1v) is 37.9. The van der Waals surface area contributed by atoms with E-state index in [1.807, 2.05) is 6.08 Å². The topological polar surface area (TPSA) is 149 Å². The van der Waals surface area contributed by atoms with Gasteiger partial charge in [0, 0.05) is 6.42 Å². The standard InChI is InChI=1S/C77H145NO8/c1-3-5-7-9-11-13-15-17-19-21-23-25-27-29-30-31-32-33-34-35-36-37-38-39-40-41-42-43-45-47-49-51-53-55-57-59-61-63-65-67-73(81)78-70(69-85-77-76(84)75(83)74(82)72(68-79)86-77)71(80)66-64-62-60-58-56-54-52-50-48-46-44-28-26-24-22-20-18-16-14-12-10-8-6-4-2/h35-36,48,50,56,58,64,66,70-72,74-77,79-80,82-84H,3-34,37-47,49,51-55,57,59-63,65,67-69H2,1-2H3,(H,78,81)/b36-35-,50-48+,58-56+,66-64+. The van der Waals surface area contributed by atoms with Crippen molar-refractivity contribution in [1.82, 2.24) is 5.32 Å². The van der Waals surface area contributed by atoms with Gasteiger partial charge in [0.15, 0.2) is 6.29 Å². The van der Waals surface area contributed by atoms with Crippen LogP contribution in [0.15, 0.2) is 48.6 Å². The third-order valence-electron chi connectivity index (χ3n) is 18.1. The van der Waals surface area contributed by atoms with Crippen LogP contribution in [0, 0.1) is 0 Å². The molecule has 0 radical (unpaired) electrons. The van der Waals surface area contributed by atoms with E-state index in [0.29, 0.717) is 6.42 Å². The zero-order valence-electron chi connectivity index (χ0n) is 56.8. The summed E-state index contributed by atoms with van der Waals surface area (Å²) in [6, 6.07) is -0.830. The lowest BCUT2D eigenvalue weighted by Gasteiger charge is -2.40. The molecule has 1 aliphatic rings. The number of ether oxygens (including phenoxy) is 2. The molecule has 506 valence electrons. The van der Waals surface area contributed by atoms with Gasteiger partial charge in [-0.15, -0.1) is 0 Å². The Morgan fingerprint density at radius 1 is 0.384 bits per heavy atom. The van der Waals surface area contributed by atoms with E-state index in [2.05, 4.69) is 55.6 Å². The zero-order valence-corrected chi connectivity index (χ0v) is 56.8. The molecule has 0 aromatic rings. The molecular formula is C77H145NO8. The van der Waals surface area contributed by atoms with Gasteiger partial charge in [0.05, 0.1) is 25.4 Å². The third-order valence-corrected chi connectivity index (χ3v) is 18.1. The lowest BCUT2D eigenvalue weighted by Crippen LogP contribution is -2.60. The van der Waals surface area contributed by atoms with Crippen LogP contribution in [0.4, 0.5) is 0 Å². The smallest absolute Gasteiger partial charge is 0.220 e. The van der Waals surface area contributed by atoms with Gasteiger partial charge in [-0.2, -0.15) is 0 Å². The van der Waals surface area contributed by atoms with Gasteiger partial charge in [-0.25, -0.2) is 0 Å². The molecule has 0 bridgehead atoms. The maximum absolute atomic E-state index is 13.1. The summed E-state index contributed by atoms with van der Waals surface area (Å²) in [6.07, 6.45) is 84.0. The van der Waals surface area contributed by atoms with Crippen LogP contribution in [0.2, 0.25) is 0 Å². The Labute approximate surface area is 533 Å². The van der Waals surface area contributed by atoms with Gasteiger partial charge >= 0.3 is 0 Å². The van der Waals surface area contributed by atoms with Crippen LogP contribution in [0.5, 0.6) is 0 Å². The number of hydrogen-bond donors (Lipinski definition) is 6. The average molecular weight is 1210 g/mol. The molecule has 1 saturated heterocycles. The summed E-state index contributed by atoms with van der Waals surface area (Å²) in [4.78, 5) is 13.1. The summed E-state index contributed by atoms with van der Waals surface area (Å²) in [7, 11) is 0. The van der Waals surface area contributed by atoms with Crippen molar-refractivity contribution in [2.75, 3.05) is 13.2 Å². The molecule has 0 saturated carbocycles.